The van der Waals surface area contributed by atoms with Crippen LogP contribution in [0.15, 0.2) is 41.2 Å². The molecule has 0 unspecified atom stereocenters. The molecule has 1 N–H and O–H groups in total. The minimum atomic E-state index is -0.542. The molecule has 0 radical (unpaired) electrons. The van der Waals surface area contributed by atoms with Crippen molar-refractivity contribution in [3.63, 3.8) is 0 Å². The molecule has 3 rings (SSSR count). The number of hydrogen-bond donors (Lipinski definition) is 1. The van der Waals surface area contributed by atoms with E-state index >= 15 is 0 Å². The third kappa shape index (κ3) is 4.49. The molecule has 0 aliphatic heterocycles. The predicted molar refractivity (Wildman–Crippen MR) is 105 cm³/mol. The zero-order valence-electron chi connectivity index (χ0n) is 15.5. The van der Waals surface area contributed by atoms with Gasteiger partial charge < -0.3 is 19.2 Å². The van der Waals surface area contributed by atoms with E-state index in [0.717, 1.165) is 5.56 Å². The molecule has 0 fully saturated rings. The second-order valence-corrected chi connectivity index (χ2v) is 6.35. The van der Waals surface area contributed by atoms with E-state index in [1.54, 1.807) is 37.4 Å². The number of nitrogens with one attached hydrogen (secondary N) is 1. The van der Waals surface area contributed by atoms with Crippen LogP contribution in [0.3, 0.4) is 0 Å². The fraction of sp³-hybridized carbons (Fsp3) is 0.250. The zero-order valence-corrected chi connectivity index (χ0v) is 16.2. The standard InChI is InChI=1S/C20H19ClN2O5/c1-3-27-10-13-8-12(4-7-17(13)26-2)20(25)28-11-18-22-16-6-5-14(21)9-15(16)19(24)23-18/h4-9H,3,10-11H2,1-2H3,(H,22,23,24). The van der Waals surface area contributed by atoms with Crippen molar-refractivity contribution in [3.8, 4) is 5.75 Å². The first-order valence-electron chi connectivity index (χ1n) is 8.62. The predicted octanol–water partition coefficient (Wildman–Crippen LogP) is 3.48. The summed E-state index contributed by atoms with van der Waals surface area (Å²) < 4.78 is 16.0. The number of benzene rings is 2. The number of hydrogen-bond acceptors (Lipinski definition) is 6. The number of carbonyl (C=O) groups excluding carboxylic acids is 1. The molecule has 0 spiro atoms. The van der Waals surface area contributed by atoms with Crippen molar-refractivity contribution >= 4 is 28.5 Å². The lowest BCUT2D eigenvalue weighted by atomic mass is 10.1. The molecule has 1 heterocycles. The van der Waals surface area contributed by atoms with Crippen LogP contribution in [0.1, 0.15) is 28.7 Å². The van der Waals surface area contributed by atoms with Gasteiger partial charge in [0.2, 0.25) is 0 Å². The Morgan fingerprint density at radius 1 is 1.18 bits per heavy atom. The van der Waals surface area contributed by atoms with Crippen LogP contribution in [0, 0.1) is 0 Å². The Morgan fingerprint density at radius 2 is 2.00 bits per heavy atom. The average molecular weight is 403 g/mol. The molecule has 0 bridgehead atoms. The van der Waals surface area contributed by atoms with Crippen LogP contribution >= 0.6 is 11.6 Å². The van der Waals surface area contributed by atoms with Crippen molar-refractivity contribution in [2.45, 2.75) is 20.1 Å². The highest BCUT2D eigenvalue weighted by atomic mass is 35.5. The van der Waals surface area contributed by atoms with Gasteiger partial charge in [0.1, 0.15) is 18.2 Å². The maximum Gasteiger partial charge on any atom is 0.338 e. The highest BCUT2D eigenvalue weighted by molar-refractivity contribution is 6.31. The Labute approximate surface area is 166 Å². The van der Waals surface area contributed by atoms with Crippen LogP contribution in [0.25, 0.3) is 10.9 Å². The largest absolute Gasteiger partial charge is 0.496 e. The first-order chi connectivity index (χ1) is 13.5. The van der Waals surface area contributed by atoms with Crippen molar-refractivity contribution in [2.24, 2.45) is 0 Å². The molecule has 0 amide bonds. The first kappa shape index (κ1) is 19.9. The second kappa shape index (κ2) is 8.86. The summed E-state index contributed by atoms with van der Waals surface area (Å²) in [5, 5.41) is 0.819. The molecule has 146 valence electrons. The average Bonchev–Trinajstić information content (AvgIpc) is 2.70. The van der Waals surface area contributed by atoms with Gasteiger partial charge in [0, 0.05) is 17.2 Å². The van der Waals surface area contributed by atoms with Crippen LogP contribution in [0.4, 0.5) is 0 Å². The fourth-order valence-electron chi connectivity index (χ4n) is 2.68. The number of aromatic nitrogens is 2. The number of ether oxygens (including phenoxy) is 3. The summed E-state index contributed by atoms with van der Waals surface area (Å²) in [4.78, 5) is 31.5. The molecule has 0 aliphatic carbocycles. The zero-order chi connectivity index (χ0) is 20.1. The van der Waals surface area contributed by atoms with Gasteiger partial charge in [0.05, 0.1) is 30.2 Å². The molecule has 1 aromatic heterocycles. The Kier molecular flexibility index (Phi) is 6.28. The Balaban J connectivity index is 1.76. The maximum absolute atomic E-state index is 12.4. The van der Waals surface area contributed by atoms with Crippen molar-refractivity contribution in [1.29, 1.82) is 0 Å². The summed E-state index contributed by atoms with van der Waals surface area (Å²) in [5.74, 6) is 0.333. The highest BCUT2D eigenvalue weighted by Gasteiger charge is 2.13. The molecular weight excluding hydrogens is 384 g/mol. The summed E-state index contributed by atoms with van der Waals surface area (Å²) in [5.41, 5.74) is 1.22. The van der Waals surface area contributed by atoms with Gasteiger partial charge in [-0.15, -0.1) is 0 Å². The SMILES string of the molecule is CCOCc1cc(C(=O)OCc2nc3ccc(Cl)cc3c(=O)[nH]2)ccc1OC. The maximum atomic E-state index is 12.4. The summed E-state index contributed by atoms with van der Waals surface area (Å²) >= 11 is 5.90. The molecule has 0 aliphatic rings. The molecule has 28 heavy (non-hydrogen) atoms. The van der Waals surface area contributed by atoms with Gasteiger partial charge in [0.15, 0.2) is 0 Å². The van der Waals surface area contributed by atoms with Gasteiger partial charge in [0.25, 0.3) is 5.56 Å². The third-order valence-electron chi connectivity index (χ3n) is 4.03. The number of H-pyrrole nitrogens is 1. The Bertz CT molecular complexity index is 1060. The second-order valence-electron chi connectivity index (χ2n) is 5.91. The van der Waals surface area contributed by atoms with Gasteiger partial charge in [-0.05, 0) is 43.3 Å². The van der Waals surface area contributed by atoms with E-state index in [1.165, 1.54) is 6.07 Å². The Hall–Kier alpha value is -2.90. The van der Waals surface area contributed by atoms with Crippen LogP contribution < -0.4 is 10.3 Å². The number of rotatable bonds is 7. The van der Waals surface area contributed by atoms with Crippen molar-refractivity contribution in [3.05, 3.63) is 68.7 Å². The van der Waals surface area contributed by atoms with Gasteiger partial charge in [-0.1, -0.05) is 11.6 Å². The molecular formula is C20H19ClN2O5. The summed E-state index contributed by atoms with van der Waals surface area (Å²) in [6.45, 7) is 2.59. The lowest BCUT2D eigenvalue weighted by molar-refractivity contribution is 0.0462. The number of aromatic amines is 1. The monoisotopic (exact) mass is 402 g/mol. The van der Waals surface area contributed by atoms with E-state index in [9.17, 15) is 9.59 Å². The summed E-state index contributed by atoms with van der Waals surface area (Å²) in [6.07, 6.45) is 0. The van der Waals surface area contributed by atoms with Gasteiger partial charge >= 0.3 is 5.97 Å². The van der Waals surface area contributed by atoms with E-state index in [2.05, 4.69) is 9.97 Å². The third-order valence-corrected chi connectivity index (χ3v) is 4.27. The molecule has 2 aromatic carbocycles. The molecule has 3 aromatic rings. The van der Waals surface area contributed by atoms with Gasteiger partial charge in [-0.25, -0.2) is 9.78 Å². The van der Waals surface area contributed by atoms with E-state index in [4.69, 9.17) is 25.8 Å². The van der Waals surface area contributed by atoms with Crippen molar-refractivity contribution < 1.29 is 19.0 Å². The van der Waals surface area contributed by atoms with E-state index in [0.29, 0.717) is 40.5 Å². The van der Waals surface area contributed by atoms with E-state index < -0.39 is 5.97 Å². The lowest BCUT2D eigenvalue weighted by Gasteiger charge is -2.11. The van der Waals surface area contributed by atoms with Crippen molar-refractivity contribution in [1.82, 2.24) is 9.97 Å². The normalized spacial score (nSPS) is 10.8. The molecule has 8 heteroatoms. The summed E-state index contributed by atoms with van der Waals surface area (Å²) in [7, 11) is 1.55. The number of esters is 1. The summed E-state index contributed by atoms with van der Waals surface area (Å²) in [6, 6.07) is 9.77. The minimum absolute atomic E-state index is 0.167. The van der Waals surface area contributed by atoms with Crippen LogP contribution in [-0.2, 0) is 22.7 Å². The molecule has 0 saturated heterocycles. The van der Waals surface area contributed by atoms with Crippen LogP contribution in [0.5, 0.6) is 5.75 Å². The smallest absolute Gasteiger partial charge is 0.338 e. The number of nitrogens with zero attached hydrogens (tertiary/aromatic N) is 1. The lowest BCUT2D eigenvalue weighted by Crippen LogP contribution is -2.14. The quantitative estimate of drug-likeness (QED) is 0.608. The van der Waals surface area contributed by atoms with E-state index in [1.807, 2.05) is 6.92 Å². The van der Waals surface area contributed by atoms with E-state index in [-0.39, 0.29) is 18.0 Å². The van der Waals surface area contributed by atoms with Crippen LogP contribution in [0.2, 0.25) is 5.02 Å². The first-order valence-corrected chi connectivity index (χ1v) is 9.00. The minimum Gasteiger partial charge on any atom is -0.496 e. The highest BCUT2D eigenvalue weighted by Crippen LogP contribution is 2.21. The number of carbonyl (C=O) groups is 1. The molecule has 0 saturated carbocycles. The topological polar surface area (TPSA) is 90.5 Å². The number of methoxy groups -OCH3 is 1. The molecule has 7 nitrogen and oxygen atoms in total. The van der Waals surface area contributed by atoms with Gasteiger partial charge in [-0.3, -0.25) is 4.79 Å². The fourth-order valence-corrected chi connectivity index (χ4v) is 2.85. The number of halogens is 1. The van der Waals surface area contributed by atoms with Gasteiger partial charge in [-0.2, -0.15) is 0 Å². The molecule has 0 atom stereocenters. The van der Waals surface area contributed by atoms with Crippen LogP contribution in [-0.4, -0.2) is 29.7 Å². The number of fused-ring (bicyclic) bond motifs is 1. The Morgan fingerprint density at radius 3 is 2.75 bits per heavy atom. The van der Waals surface area contributed by atoms with Crippen molar-refractivity contribution in [2.75, 3.05) is 13.7 Å².